The van der Waals surface area contributed by atoms with E-state index >= 15 is 0 Å². The Labute approximate surface area is 164 Å². The predicted octanol–water partition coefficient (Wildman–Crippen LogP) is 4.16. The zero-order valence-electron chi connectivity index (χ0n) is 16.4. The average Bonchev–Trinajstić information content (AvgIpc) is 2.71. The lowest BCUT2D eigenvalue weighted by Crippen LogP contribution is -1.98. The fourth-order valence-corrected chi connectivity index (χ4v) is 2.57. The van der Waals surface area contributed by atoms with Gasteiger partial charge in [-0.3, -0.25) is 0 Å². The van der Waals surface area contributed by atoms with Gasteiger partial charge in [0, 0.05) is 11.6 Å². The van der Waals surface area contributed by atoms with Crippen molar-refractivity contribution in [2.24, 2.45) is 0 Å². The van der Waals surface area contributed by atoms with E-state index in [9.17, 15) is 9.90 Å². The Hall–Kier alpha value is -3.41. The number of carbonyl (C=O) groups is 1. The second-order valence-corrected chi connectivity index (χ2v) is 5.65. The molecule has 148 valence electrons. The summed E-state index contributed by atoms with van der Waals surface area (Å²) in [6, 6.07) is 8.87. The van der Waals surface area contributed by atoms with Crippen LogP contribution in [0.4, 0.5) is 0 Å². The van der Waals surface area contributed by atoms with Gasteiger partial charge in [-0.05, 0) is 48.4 Å². The first kappa shape index (κ1) is 20.9. The van der Waals surface area contributed by atoms with Crippen molar-refractivity contribution >= 4 is 24.2 Å². The molecular formula is C22H24O6. The predicted molar refractivity (Wildman–Crippen MR) is 109 cm³/mol. The number of hydrogen-bond donors (Lipinski definition) is 1. The highest BCUT2D eigenvalue weighted by atomic mass is 16.5. The molecule has 0 fully saturated rings. The average molecular weight is 384 g/mol. The highest BCUT2D eigenvalue weighted by Gasteiger charge is 2.10. The molecule has 0 heterocycles. The molecule has 0 spiro atoms. The summed E-state index contributed by atoms with van der Waals surface area (Å²) < 4.78 is 20.6. The molecule has 6 nitrogen and oxygen atoms in total. The maximum absolute atomic E-state index is 11.6. The lowest BCUT2D eigenvalue weighted by Gasteiger charge is -2.10. The van der Waals surface area contributed by atoms with Crippen LogP contribution in [-0.2, 0) is 9.53 Å². The molecule has 2 aromatic rings. The van der Waals surface area contributed by atoms with E-state index in [-0.39, 0.29) is 5.75 Å². The SMILES string of the molecule is CCOC(=O)/C=C/c1ccc(OC)c(O)c1/C=C/c1ccc(OC)c(OC)c1. The monoisotopic (exact) mass is 384 g/mol. The second-order valence-electron chi connectivity index (χ2n) is 5.65. The summed E-state index contributed by atoms with van der Waals surface area (Å²) in [5.74, 6) is 1.09. The van der Waals surface area contributed by atoms with Crippen LogP contribution in [0.3, 0.4) is 0 Å². The number of hydrogen-bond acceptors (Lipinski definition) is 6. The second kappa shape index (κ2) is 10.1. The molecule has 0 aliphatic carbocycles. The summed E-state index contributed by atoms with van der Waals surface area (Å²) in [6.45, 7) is 2.03. The smallest absolute Gasteiger partial charge is 0.330 e. The highest BCUT2D eigenvalue weighted by Crippen LogP contribution is 2.35. The molecule has 0 saturated carbocycles. The van der Waals surface area contributed by atoms with Crippen LogP contribution in [0.15, 0.2) is 36.4 Å². The number of rotatable bonds is 8. The first-order valence-electron chi connectivity index (χ1n) is 8.68. The van der Waals surface area contributed by atoms with Crippen molar-refractivity contribution in [3.63, 3.8) is 0 Å². The first-order valence-corrected chi connectivity index (χ1v) is 8.68. The number of phenols is 1. The van der Waals surface area contributed by atoms with E-state index in [0.717, 1.165) is 5.56 Å². The van der Waals surface area contributed by atoms with Crippen LogP contribution in [0.1, 0.15) is 23.6 Å². The minimum atomic E-state index is -0.451. The van der Waals surface area contributed by atoms with Crippen LogP contribution >= 0.6 is 0 Å². The minimum Gasteiger partial charge on any atom is -0.504 e. The van der Waals surface area contributed by atoms with E-state index in [1.165, 1.54) is 13.2 Å². The molecule has 2 aromatic carbocycles. The summed E-state index contributed by atoms with van der Waals surface area (Å²) in [7, 11) is 4.62. The molecule has 0 aliphatic heterocycles. The van der Waals surface area contributed by atoms with Gasteiger partial charge in [-0.1, -0.05) is 18.2 Å². The number of methoxy groups -OCH3 is 3. The quantitative estimate of drug-likeness (QED) is 0.418. The van der Waals surface area contributed by atoms with Crippen molar-refractivity contribution in [3.05, 3.63) is 53.1 Å². The molecule has 6 heteroatoms. The number of esters is 1. The molecule has 28 heavy (non-hydrogen) atoms. The molecule has 1 N–H and O–H groups in total. The third-order valence-corrected chi connectivity index (χ3v) is 3.97. The zero-order chi connectivity index (χ0) is 20.5. The topological polar surface area (TPSA) is 74.2 Å². The van der Waals surface area contributed by atoms with Gasteiger partial charge < -0.3 is 24.1 Å². The Bertz CT molecular complexity index is 883. The summed E-state index contributed by atoms with van der Waals surface area (Å²) in [6.07, 6.45) is 6.46. The number of phenolic OH excluding ortho intramolecular Hbond substituents is 1. The van der Waals surface area contributed by atoms with Crippen LogP contribution in [0.2, 0.25) is 0 Å². The Morgan fingerprint density at radius 2 is 1.61 bits per heavy atom. The molecule has 0 unspecified atom stereocenters. The van der Waals surface area contributed by atoms with Crippen molar-refractivity contribution < 1.29 is 28.8 Å². The summed E-state index contributed by atoms with van der Waals surface area (Å²) >= 11 is 0. The summed E-state index contributed by atoms with van der Waals surface area (Å²) in [4.78, 5) is 11.6. The van der Waals surface area contributed by atoms with Gasteiger partial charge in [-0.2, -0.15) is 0 Å². The van der Waals surface area contributed by atoms with E-state index in [2.05, 4.69) is 0 Å². The molecule has 2 rings (SSSR count). The van der Waals surface area contributed by atoms with Crippen molar-refractivity contribution in [2.45, 2.75) is 6.92 Å². The maximum atomic E-state index is 11.6. The molecule has 0 saturated heterocycles. The summed E-state index contributed by atoms with van der Waals surface area (Å²) in [5.41, 5.74) is 2.00. The number of ether oxygens (including phenoxy) is 4. The molecule has 0 amide bonds. The Kier molecular flexibility index (Phi) is 7.51. The zero-order valence-corrected chi connectivity index (χ0v) is 16.4. The van der Waals surface area contributed by atoms with Crippen molar-refractivity contribution in [1.29, 1.82) is 0 Å². The lowest BCUT2D eigenvalue weighted by molar-refractivity contribution is -0.137. The van der Waals surface area contributed by atoms with Crippen LogP contribution in [0.5, 0.6) is 23.0 Å². The Balaban J connectivity index is 2.42. The molecule has 0 radical (unpaired) electrons. The van der Waals surface area contributed by atoms with Gasteiger partial charge >= 0.3 is 5.97 Å². The molecular weight excluding hydrogens is 360 g/mol. The van der Waals surface area contributed by atoms with Gasteiger partial charge in [-0.15, -0.1) is 0 Å². The van der Waals surface area contributed by atoms with Crippen LogP contribution in [-0.4, -0.2) is 39.0 Å². The largest absolute Gasteiger partial charge is 0.504 e. The van der Waals surface area contributed by atoms with Crippen molar-refractivity contribution in [1.82, 2.24) is 0 Å². The first-order chi connectivity index (χ1) is 13.5. The Morgan fingerprint density at radius 3 is 2.25 bits per heavy atom. The van der Waals surface area contributed by atoms with Gasteiger partial charge in [0.2, 0.25) is 0 Å². The van der Waals surface area contributed by atoms with Gasteiger partial charge in [-0.25, -0.2) is 4.79 Å². The van der Waals surface area contributed by atoms with Gasteiger partial charge in [0.15, 0.2) is 23.0 Å². The number of aromatic hydroxyl groups is 1. The third-order valence-electron chi connectivity index (χ3n) is 3.97. The van der Waals surface area contributed by atoms with E-state index in [4.69, 9.17) is 18.9 Å². The molecule has 0 aromatic heterocycles. The van der Waals surface area contributed by atoms with Gasteiger partial charge in [0.05, 0.1) is 27.9 Å². The van der Waals surface area contributed by atoms with E-state index < -0.39 is 5.97 Å². The van der Waals surface area contributed by atoms with Crippen molar-refractivity contribution in [2.75, 3.05) is 27.9 Å². The summed E-state index contributed by atoms with van der Waals surface area (Å²) in [5, 5.41) is 10.5. The van der Waals surface area contributed by atoms with Gasteiger partial charge in [0.25, 0.3) is 0 Å². The van der Waals surface area contributed by atoms with Crippen LogP contribution in [0, 0.1) is 0 Å². The van der Waals surface area contributed by atoms with E-state index in [1.54, 1.807) is 51.5 Å². The lowest BCUT2D eigenvalue weighted by atomic mass is 10.0. The maximum Gasteiger partial charge on any atom is 0.330 e. The van der Waals surface area contributed by atoms with Crippen molar-refractivity contribution in [3.8, 4) is 23.0 Å². The minimum absolute atomic E-state index is 0.0229. The van der Waals surface area contributed by atoms with Crippen LogP contribution in [0.25, 0.3) is 18.2 Å². The number of benzene rings is 2. The fraction of sp³-hybridized carbons (Fsp3) is 0.227. The molecule has 0 bridgehead atoms. The molecule has 0 aliphatic rings. The third kappa shape index (κ3) is 5.07. The standard InChI is InChI=1S/C22H24O6/c1-5-28-21(23)13-9-16-8-12-19(26-3)22(24)17(16)10-6-15-7-11-18(25-2)20(14-15)27-4/h6-14,24H,5H2,1-4H3/b10-6+,13-9+. The Morgan fingerprint density at radius 1 is 0.929 bits per heavy atom. The fourth-order valence-electron chi connectivity index (χ4n) is 2.57. The normalized spacial score (nSPS) is 11.0. The van der Waals surface area contributed by atoms with E-state index in [0.29, 0.717) is 35.0 Å². The molecule has 0 atom stereocenters. The van der Waals surface area contributed by atoms with Gasteiger partial charge in [0.1, 0.15) is 0 Å². The van der Waals surface area contributed by atoms with Crippen LogP contribution < -0.4 is 14.2 Å². The van der Waals surface area contributed by atoms with E-state index in [1.807, 2.05) is 18.2 Å². The number of carbonyl (C=O) groups excluding carboxylic acids is 1. The highest BCUT2D eigenvalue weighted by molar-refractivity contribution is 5.89.